The van der Waals surface area contributed by atoms with Gasteiger partial charge in [0.05, 0.1) is 0 Å². The quantitative estimate of drug-likeness (QED) is 0.701. The molecule has 0 atom stereocenters. The fraction of sp³-hybridized carbons (Fsp3) is 0.286. The smallest absolute Gasteiger partial charge is 0.126 e. The Bertz CT molecular complexity index is 396. The zero-order valence-electron chi connectivity index (χ0n) is 9.29. The molecule has 2 rings (SSSR count). The molecule has 0 fully saturated rings. The predicted octanol–water partition coefficient (Wildman–Crippen LogP) is 4.00. The molecule has 0 saturated heterocycles. The second-order valence-corrected chi connectivity index (χ2v) is 4.06. The molecule has 0 bridgehead atoms. The van der Waals surface area contributed by atoms with Crippen LogP contribution in [-0.4, -0.2) is 0 Å². The summed E-state index contributed by atoms with van der Waals surface area (Å²) in [6.07, 6.45) is 6.32. The fourth-order valence-electron chi connectivity index (χ4n) is 1.56. The third-order valence-electron chi connectivity index (χ3n) is 2.59. The van der Waals surface area contributed by atoms with Crippen LogP contribution in [0.5, 0.6) is 5.75 Å². The van der Waals surface area contributed by atoms with Crippen molar-refractivity contribution < 1.29 is 4.74 Å². The van der Waals surface area contributed by atoms with Gasteiger partial charge >= 0.3 is 0 Å². The van der Waals surface area contributed by atoms with E-state index in [1.165, 1.54) is 11.1 Å². The fourth-order valence-corrected chi connectivity index (χ4v) is 1.56. The van der Waals surface area contributed by atoms with Gasteiger partial charge in [-0.25, -0.2) is 0 Å². The molecule has 15 heavy (non-hydrogen) atoms. The number of benzene rings is 1. The van der Waals surface area contributed by atoms with Gasteiger partial charge < -0.3 is 4.74 Å². The van der Waals surface area contributed by atoms with Crippen LogP contribution in [0.4, 0.5) is 0 Å². The van der Waals surface area contributed by atoms with E-state index in [0.717, 1.165) is 24.4 Å². The second kappa shape index (κ2) is 4.35. The van der Waals surface area contributed by atoms with E-state index >= 15 is 0 Å². The summed E-state index contributed by atoms with van der Waals surface area (Å²) in [4.78, 5) is 0. The number of ether oxygens (including phenoxy) is 1. The van der Waals surface area contributed by atoms with Gasteiger partial charge in [0.2, 0.25) is 0 Å². The first-order chi connectivity index (χ1) is 7.24. The van der Waals surface area contributed by atoms with Crippen LogP contribution >= 0.6 is 0 Å². The molecule has 0 amide bonds. The lowest BCUT2D eigenvalue weighted by Gasteiger charge is -2.13. The maximum absolute atomic E-state index is 5.78. The maximum Gasteiger partial charge on any atom is 0.126 e. The average Bonchev–Trinajstić information content (AvgIpc) is 2.25. The van der Waals surface area contributed by atoms with E-state index in [9.17, 15) is 0 Å². The summed E-state index contributed by atoms with van der Waals surface area (Å²) in [6.45, 7) is 4.23. The minimum atomic E-state index is 0.930. The van der Waals surface area contributed by atoms with Crippen molar-refractivity contribution in [3.63, 3.8) is 0 Å². The van der Waals surface area contributed by atoms with E-state index in [2.05, 4.69) is 38.1 Å². The van der Waals surface area contributed by atoms with Gasteiger partial charge in [0.15, 0.2) is 0 Å². The van der Waals surface area contributed by atoms with Crippen molar-refractivity contribution in [3.05, 3.63) is 53.3 Å². The van der Waals surface area contributed by atoms with E-state index < -0.39 is 0 Å². The third-order valence-corrected chi connectivity index (χ3v) is 2.59. The molecule has 0 N–H and O–H groups in total. The van der Waals surface area contributed by atoms with Crippen molar-refractivity contribution in [1.29, 1.82) is 0 Å². The number of aryl methyl sites for hydroxylation is 1. The Morgan fingerprint density at radius 1 is 0.933 bits per heavy atom. The Morgan fingerprint density at radius 2 is 1.67 bits per heavy atom. The lowest BCUT2D eigenvalue weighted by atomic mass is 10.1. The summed E-state index contributed by atoms with van der Waals surface area (Å²) in [5.41, 5.74) is 2.68. The first kappa shape index (κ1) is 10.0. The van der Waals surface area contributed by atoms with Gasteiger partial charge in [-0.3, -0.25) is 0 Å². The molecule has 0 heterocycles. The number of rotatable bonds is 2. The molecule has 0 aliphatic heterocycles. The molecule has 1 nitrogen and oxygen atoms in total. The van der Waals surface area contributed by atoms with Crippen LogP contribution in [0.3, 0.4) is 0 Å². The van der Waals surface area contributed by atoms with Gasteiger partial charge in [0.25, 0.3) is 0 Å². The maximum atomic E-state index is 5.78. The lowest BCUT2D eigenvalue weighted by molar-refractivity contribution is 0.401. The summed E-state index contributed by atoms with van der Waals surface area (Å²) in [7, 11) is 0. The molecule has 0 unspecified atom stereocenters. The highest BCUT2D eigenvalue weighted by Gasteiger charge is 2.05. The van der Waals surface area contributed by atoms with Crippen LogP contribution in [0, 0.1) is 6.92 Å². The van der Waals surface area contributed by atoms with Crippen LogP contribution in [0.25, 0.3) is 0 Å². The predicted molar refractivity (Wildman–Crippen MR) is 62.9 cm³/mol. The molecule has 0 aromatic heterocycles. The largest absolute Gasteiger partial charge is 0.462 e. The molecule has 1 aromatic rings. The Balaban J connectivity index is 2.06. The zero-order valence-corrected chi connectivity index (χ0v) is 9.29. The molecule has 1 heteroatoms. The minimum absolute atomic E-state index is 0.930. The first-order valence-corrected chi connectivity index (χ1v) is 5.35. The van der Waals surface area contributed by atoms with Gasteiger partial charge in [-0.15, -0.1) is 0 Å². The van der Waals surface area contributed by atoms with Crippen LogP contribution in [0.2, 0.25) is 0 Å². The number of hydrogen-bond donors (Lipinski definition) is 0. The Hall–Kier alpha value is -1.50. The van der Waals surface area contributed by atoms with Crippen molar-refractivity contribution in [2.75, 3.05) is 0 Å². The highest BCUT2D eigenvalue weighted by molar-refractivity contribution is 5.29. The van der Waals surface area contributed by atoms with E-state index in [4.69, 9.17) is 4.74 Å². The molecule has 0 radical (unpaired) electrons. The molecule has 1 aliphatic rings. The van der Waals surface area contributed by atoms with Crippen LogP contribution in [-0.2, 0) is 0 Å². The van der Waals surface area contributed by atoms with Crippen molar-refractivity contribution in [1.82, 2.24) is 0 Å². The summed E-state index contributed by atoms with van der Waals surface area (Å²) in [5, 5.41) is 0. The Morgan fingerprint density at radius 3 is 2.27 bits per heavy atom. The van der Waals surface area contributed by atoms with Crippen molar-refractivity contribution in [3.8, 4) is 5.75 Å². The van der Waals surface area contributed by atoms with Crippen LogP contribution < -0.4 is 4.74 Å². The normalized spacial score (nSPS) is 15.6. The molecular weight excluding hydrogens is 184 g/mol. The van der Waals surface area contributed by atoms with Gasteiger partial charge in [0.1, 0.15) is 11.5 Å². The van der Waals surface area contributed by atoms with E-state index in [-0.39, 0.29) is 0 Å². The van der Waals surface area contributed by atoms with Gasteiger partial charge in [-0.05, 0) is 38.5 Å². The first-order valence-electron chi connectivity index (χ1n) is 5.35. The van der Waals surface area contributed by atoms with Gasteiger partial charge in [-0.2, -0.15) is 0 Å². The Labute approximate surface area is 91.1 Å². The molecule has 78 valence electrons. The van der Waals surface area contributed by atoms with Crippen molar-refractivity contribution in [2.24, 2.45) is 0 Å². The van der Waals surface area contributed by atoms with Gasteiger partial charge in [0, 0.05) is 6.42 Å². The Kier molecular flexibility index (Phi) is 2.91. The topological polar surface area (TPSA) is 9.23 Å². The van der Waals surface area contributed by atoms with E-state index in [1.807, 2.05) is 12.1 Å². The third kappa shape index (κ3) is 2.72. The number of allylic oxidation sites excluding steroid dienone is 4. The van der Waals surface area contributed by atoms with Crippen molar-refractivity contribution in [2.45, 2.75) is 26.7 Å². The summed E-state index contributed by atoms with van der Waals surface area (Å²) in [5.74, 6) is 1.99. The highest BCUT2D eigenvalue weighted by atomic mass is 16.5. The summed E-state index contributed by atoms with van der Waals surface area (Å²) >= 11 is 0. The summed E-state index contributed by atoms with van der Waals surface area (Å²) in [6, 6.07) is 8.17. The van der Waals surface area contributed by atoms with Gasteiger partial charge in [-0.1, -0.05) is 29.3 Å². The second-order valence-electron chi connectivity index (χ2n) is 4.06. The molecule has 0 saturated carbocycles. The molecule has 1 aliphatic carbocycles. The van der Waals surface area contributed by atoms with Crippen LogP contribution in [0.1, 0.15) is 25.3 Å². The standard InChI is InChI=1S/C14H16O/c1-11-3-7-13(8-4-11)15-14-9-5-12(2)6-10-14/h3-5,7-9H,6,10H2,1-2H3. The number of hydrogen-bond acceptors (Lipinski definition) is 1. The van der Waals surface area contributed by atoms with Crippen molar-refractivity contribution >= 4 is 0 Å². The van der Waals surface area contributed by atoms with E-state index in [0.29, 0.717) is 0 Å². The lowest BCUT2D eigenvalue weighted by Crippen LogP contribution is -1.99. The van der Waals surface area contributed by atoms with E-state index in [1.54, 1.807) is 0 Å². The zero-order chi connectivity index (χ0) is 10.7. The molecular formula is C14H16O. The average molecular weight is 200 g/mol. The summed E-state index contributed by atoms with van der Waals surface area (Å²) < 4.78 is 5.78. The molecule has 1 aromatic carbocycles. The monoisotopic (exact) mass is 200 g/mol. The van der Waals surface area contributed by atoms with Crippen LogP contribution in [0.15, 0.2) is 47.7 Å². The minimum Gasteiger partial charge on any atom is -0.462 e. The molecule has 0 spiro atoms. The SMILES string of the molecule is CC1=CC=C(Oc2ccc(C)cc2)CC1. The highest BCUT2D eigenvalue weighted by Crippen LogP contribution is 2.22.